The average molecular weight is 312 g/mol. The van der Waals surface area contributed by atoms with Gasteiger partial charge < -0.3 is 15.4 Å². The molecule has 1 fully saturated rings. The molecule has 2 N–H and O–H groups in total. The summed E-state index contributed by atoms with van der Waals surface area (Å²) in [4.78, 5) is 12.6. The first kappa shape index (κ1) is 17.2. The summed E-state index contributed by atoms with van der Waals surface area (Å²) in [6.45, 7) is -1.51. The summed E-state index contributed by atoms with van der Waals surface area (Å²) in [5.41, 5.74) is 4.60. The minimum absolute atomic E-state index is 0.397. The zero-order chi connectivity index (χ0) is 16.0. The Morgan fingerprint density at radius 1 is 1.14 bits per heavy atom. The van der Waals surface area contributed by atoms with Crippen LogP contribution in [-0.2, 0) is 4.74 Å². The van der Waals surface area contributed by atoms with Crippen molar-refractivity contribution in [2.75, 3.05) is 31.2 Å². The van der Waals surface area contributed by atoms with Gasteiger partial charge in [0.2, 0.25) is 0 Å². The lowest BCUT2D eigenvalue weighted by Gasteiger charge is -2.29. The highest BCUT2D eigenvalue weighted by molar-refractivity contribution is 5.93. The Kier molecular flexibility index (Phi) is 6.35. The molecule has 0 saturated carbocycles. The van der Waals surface area contributed by atoms with Crippen LogP contribution in [-0.4, -0.2) is 38.9 Å². The minimum Gasteiger partial charge on any atom is -0.378 e. The molecule has 0 radical (unpaired) electrons. The smallest absolute Gasteiger partial charge is 0.378 e. The monoisotopic (exact) mass is 312 g/mol. The molecule has 0 aromatic heterocycles. The molecule has 21 heavy (non-hydrogen) atoms. The lowest BCUT2D eigenvalue weighted by molar-refractivity contribution is 0.00818. The van der Waals surface area contributed by atoms with E-state index < -0.39 is 29.8 Å². The maximum absolute atomic E-state index is 13.5. The van der Waals surface area contributed by atoms with Crippen molar-refractivity contribution in [2.45, 2.75) is 6.68 Å². The molecule has 1 saturated heterocycles. The number of primary amides is 1. The molecular weight excluding hydrogens is 299 g/mol. The van der Waals surface area contributed by atoms with Crippen molar-refractivity contribution in [3.8, 4) is 0 Å². The molecule has 9 heteroatoms. The largest absolute Gasteiger partial charge is 0.379 e. The van der Waals surface area contributed by atoms with E-state index >= 15 is 0 Å². The van der Waals surface area contributed by atoms with E-state index in [9.17, 15) is 26.7 Å². The van der Waals surface area contributed by atoms with Crippen LogP contribution in [0.2, 0.25) is 0 Å². The van der Waals surface area contributed by atoms with Gasteiger partial charge in [0.25, 0.3) is 5.91 Å². The van der Waals surface area contributed by atoms with E-state index in [4.69, 9.17) is 10.5 Å². The Hall–Kier alpha value is -1.90. The fourth-order valence-electron chi connectivity index (χ4n) is 1.80. The fraction of sp³-hybridized carbons (Fsp3) is 0.417. The van der Waals surface area contributed by atoms with Crippen LogP contribution in [0.4, 0.5) is 27.6 Å². The summed E-state index contributed by atoms with van der Waals surface area (Å²) in [7, 11) is 0. The van der Waals surface area contributed by atoms with Crippen molar-refractivity contribution in [2.24, 2.45) is 5.73 Å². The number of anilines is 1. The van der Waals surface area contributed by atoms with E-state index in [1.165, 1.54) is 0 Å². The van der Waals surface area contributed by atoms with E-state index in [2.05, 4.69) is 0 Å². The Bertz CT molecular complexity index is 467. The highest BCUT2D eigenvalue weighted by Crippen LogP contribution is 2.22. The molecular formula is C12H13F5N2O2. The van der Waals surface area contributed by atoms with Crippen molar-refractivity contribution in [3.05, 3.63) is 29.3 Å². The van der Waals surface area contributed by atoms with Crippen molar-refractivity contribution >= 4 is 11.6 Å². The van der Waals surface area contributed by atoms with Crippen LogP contribution in [0, 0.1) is 11.6 Å². The number of benzene rings is 1. The molecule has 1 heterocycles. The van der Waals surface area contributed by atoms with Crippen LogP contribution in [0.5, 0.6) is 0 Å². The van der Waals surface area contributed by atoms with Crippen LogP contribution in [0.3, 0.4) is 0 Å². The summed E-state index contributed by atoms with van der Waals surface area (Å²) in [6, 6.07) is 2.24. The number of hydrogen-bond donors (Lipinski definition) is 1. The second-order valence-electron chi connectivity index (χ2n) is 4.00. The van der Waals surface area contributed by atoms with Gasteiger partial charge in [0.05, 0.1) is 13.2 Å². The molecule has 1 aromatic rings. The van der Waals surface area contributed by atoms with Gasteiger partial charge in [0.1, 0.15) is 17.2 Å². The molecule has 0 bridgehead atoms. The number of hydrogen-bond acceptors (Lipinski definition) is 3. The maximum Gasteiger partial charge on any atom is 0.379 e. The second kappa shape index (κ2) is 7.77. The number of nitrogens with two attached hydrogens (primary N) is 1. The van der Waals surface area contributed by atoms with Crippen molar-refractivity contribution in [1.82, 2.24) is 0 Å². The van der Waals surface area contributed by atoms with Crippen molar-refractivity contribution in [3.63, 3.8) is 0 Å². The molecule has 1 aliphatic heterocycles. The van der Waals surface area contributed by atoms with E-state index in [0.717, 1.165) is 12.1 Å². The maximum atomic E-state index is 13.5. The van der Waals surface area contributed by atoms with Gasteiger partial charge in [0, 0.05) is 18.8 Å². The molecule has 2 rings (SSSR count). The first-order valence-corrected chi connectivity index (χ1v) is 5.86. The molecule has 118 valence electrons. The van der Waals surface area contributed by atoms with Gasteiger partial charge in [-0.2, -0.15) is 13.2 Å². The second-order valence-corrected chi connectivity index (χ2v) is 4.00. The Balaban J connectivity index is 0.000000491. The third-order valence-electron chi connectivity index (χ3n) is 2.65. The van der Waals surface area contributed by atoms with Gasteiger partial charge in [-0.1, -0.05) is 0 Å². The van der Waals surface area contributed by atoms with Crippen LogP contribution in [0.25, 0.3) is 0 Å². The zero-order valence-corrected chi connectivity index (χ0v) is 10.8. The number of amides is 1. The summed E-state index contributed by atoms with van der Waals surface area (Å²) in [5.74, 6) is -2.97. The number of ether oxygens (including phenoxy) is 1. The molecule has 0 unspecified atom stereocenters. The molecule has 1 amide bonds. The number of morpholine rings is 1. The predicted octanol–water partition coefficient (Wildman–Crippen LogP) is 2.08. The quantitative estimate of drug-likeness (QED) is 0.851. The number of halogens is 5. The highest BCUT2D eigenvalue weighted by Gasteiger charge is 2.19. The van der Waals surface area contributed by atoms with E-state index in [1.807, 2.05) is 0 Å². The third-order valence-corrected chi connectivity index (χ3v) is 2.65. The van der Waals surface area contributed by atoms with Crippen LogP contribution in [0.1, 0.15) is 10.4 Å². The average Bonchev–Trinajstić information content (AvgIpc) is 2.37. The fourth-order valence-corrected chi connectivity index (χ4v) is 1.80. The summed E-state index contributed by atoms with van der Waals surface area (Å²) in [5, 5.41) is 0. The topological polar surface area (TPSA) is 55.6 Å². The molecule has 0 atom stereocenters. The molecule has 0 aliphatic carbocycles. The standard InChI is InChI=1S/C11H12F2N2O2.CHF3/c12-8-5-7(15-1-3-17-4-2-15)6-9(13)10(8)11(14)16;2-1(3)4/h5-6H,1-4H2,(H2,14,16);1H. The van der Waals surface area contributed by atoms with Gasteiger partial charge in [-0.25, -0.2) is 8.78 Å². The van der Waals surface area contributed by atoms with E-state index in [0.29, 0.717) is 32.0 Å². The van der Waals surface area contributed by atoms with Crippen LogP contribution >= 0.6 is 0 Å². The van der Waals surface area contributed by atoms with Gasteiger partial charge in [-0.3, -0.25) is 4.79 Å². The van der Waals surface area contributed by atoms with Gasteiger partial charge in [-0.05, 0) is 12.1 Å². The van der Waals surface area contributed by atoms with Crippen molar-refractivity contribution in [1.29, 1.82) is 0 Å². The molecule has 1 aromatic carbocycles. The normalized spacial score (nSPS) is 14.7. The van der Waals surface area contributed by atoms with Gasteiger partial charge >= 0.3 is 6.68 Å². The van der Waals surface area contributed by atoms with Gasteiger partial charge in [0.15, 0.2) is 0 Å². The third kappa shape index (κ3) is 5.18. The van der Waals surface area contributed by atoms with Gasteiger partial charge in [-0.15, -0.1) is 0 Å². The number of carbonyl (C=O) groups is 1. The summed E-state index contributed by atoms with van der Waals surface area (Å²) in [6.07, 6.45) is 0. The number of nitrogens with zero attached hydrogens (tertiary/aromatic N) is 1. The number of rotatable bonds is 2. The lowest BCUT2D eigenvalue weighted by atomic mass is 10.1. The molecule has 1 aliphatic rings. The Labute approximate surface area is 117 Å². The first-order chi connectivity index (χ1) is 9.82. The predicted molar refractivity (Wildman–Crippen MR) is 65.0 cm³/mol. The van der Waals surface area contributed by atoms with Crippen LogP contribution < -0.4 is 10.6 Å². The first-order valence-electron chi connectivity index (χ1n) is 5.86. The zero-order valence-electron chi connectivity index (χ0n) is 10.8. The van der Waals surface area contributed by atoms with E-state index in [1.54, 1.807) is 4.90 Å². The Morgan fingerprint density at radius 2 is 1.57 bits per heavy atom. The van der Waals surface area contributed by atoms with Crippen LogP contribution in [0.15, 0.2) is 12.1 Å². The van der Waals surface area contributed by atoms with Crippen molar-refractivity contribution < 1.29 is 31.5 Å². The highest BCUT2D eigenvalue weighted by atomic mass is 19.4. The summed E-state index contributed by atoms with van der Waals surface area (Å²) >= 11 is 0. The number of alkyl halides is 3. The Morgan fingerprint density at radius 3 is 1.95 bits per heavy atom. The summed E-state index contributed by atoms with van der Waals surface area (Å²) < 4.78 is 61.2. The number of carbonyl (C=O) groups excluding carboxylic acids is 1. The minimum atomic E-state index is -3.67. The lowest BCUT2D eigenvalue weighted by Crippen LogP contribution is -2.36. The SMILES string of the molecule is FC(F)F.NC(=O)c1c(F)cc(N2CCOCC2)cc1F. The molecule has 0 spiro atoms. The molecule has 4 nitrogen and oxygen atoms in total. The van der Waals surface area contributed by atoms with E-state index in [-0.39, 0.29) is 0 Å².